The molecule has 0 aliphatic carbocycles. The van der Waals surface area contributed by atoms with Crippen LogP contribution < -0.4 is 14.2 Å². The minimum atomic E-state index is -0.826. The summed E-state index contributed by atoms with van der Waals surface area (Å²) in [4.78, 5) is 14.3. The average molecular weight is 375 g/mol. The number of amides is 1. The van der Waals surface area contributed by atoms with Crippen LogP contribution in [0.3, 0.4) is 0 Å². The maximum Gasteiger partial charge on any atom is 0.261 e. The molecule has 5 nitrogen and oxygen atoms in total. The van der Waals surface area contributed by atoms with E-state index in [0.717, 1.165) is 30.5 Å². The highest BCUT2D eigenvalue weighted by Crippen LogP contribution is 2.38. The smallest absolute Gasteiger partial charge is 0.261 e. The third-order valence-electron chi connectivity index (χ3n) is 4.77. The second-order valence-corrected chi connectivity index (χ2v) is 6.51. The molecule has 0 saturated carbocycles. The van der Waals surface area contributed by atoms with Crippen molar-refractivity contribution < 1.29 is 27.8 Å². The lowest BCUT2D eigenvalue weighted by molar-refractivity contribution is -0.134. The third kappa shape index (κ3) is 3.67. The number of halogens is 2. The summed E-state index contributed by atoms with van der Waals surface area (Å²) in [7, 11) is 0. The SMILES string of the molecule is O=C(COc1ccc(F)cc1F)N1CCCC1c1ccc2c(c1)OCCO2. The average Bonchev–Trinajstić information content (AvgIpc) is 3.16. The van der Waals surface area contributed by atoms with Gasteiger partial charge in [-0.3, -0.25) is 4.79 Å². The largest absolute Gasteiger partial charge is 0.486 e. The van der Waals surface area contributed by atoms with Crippen molar-refractivity contribution in [3.05, 3.63) is 53.6 Å². The summed E-state index contributed by atoms with van der Waals surface area (Å²) >= 11 is 0. The van der Waals surface area contributed by atoms with Crippen molar-refractivity contribution in [3.63, 3.8) is 0 Å². The zero-order valence-corrected chi connectivity index (χ0v) is 14.6. The molecule has 0 N–H and O–H groups in total. The number of hydrogen-bond donors (Lipinski definition) is 0. The fourth-order valence-electron chi connectivity index (χ4n) is 3.49. The lowest BCUT2D eigenvalue weighted by Gasteiger charge is -2.26. The molecule has 1 unspecified atom stereocenters. The number of nitrogens with zero attached hydrogens (tertiary/aromatic N) is 1. The maximum atomic E-state index is 13.7. The number of hydrogen-bond acceptors (Lipinski definition) is 4. The highest BCUT2D eigenvalue weighted by Gasteiger charge is 2.31. The van der Waals surface area contributed by atoms with Crippen LogP contribution in [0.4, 0.5) is 8.78 Å². The number of likely N-dealkylation sites (tertiary alicyclic amines) is 1. The molecule has 2 aromatic rings. The van der Waals surface area contributed by atoms with Crippen LogP contribution >= 0.6 is 0 Å². The highest BCUT2D eigenvalue weighted by atomic mass is 19.1. The quantitative estimate of drug-likeness (QED) is 0.821. The predicted molar refractivity (Wildman–Crippen MR) is 93.0 cm³/mol. The van der Waals surface area contributed by atoms with E-state index in [0.29, 0.717) is 31.3 Å². The Labute approximate surface area is 155 Å². The Morgan fingerprint density at radius 1 is 1.11 bits per heavy atom. The minimum absolute atomic E-state index is 0.0880. The van der Waals surface area contributed by atoms with Gasteiger partial charge in [-0.15, -0.1) is 0 Å². The summed E-state index contributed by atoms with van der Waals surface area (Å²) in [5, 5.41) is 0. The van der Waals surface area contributed by atoms with E-state index < -0.39 is 11.6 Å². The van der Waals surface area contributed by atoms with E-state index >= 15 is 0 Å². The normalized spacial score (nSPS) is 18.4. The van der Waals surface area contributed by atoms with Gasteiger partial charge in [0, 0.05) is 12.6 Å². The van der Waals surface area contributed by atoms with Crippen molar-refractivity contribution >= 4 is 5.91 Å². The summed E-state index contributed by atoms with van der Waals surface area (Å²) in [5.74, 6) is -0.508. The Morgan fingerprint density at radius 3 is 2.74 bits per heavy atom. The van der Waals surface area contributed by atoms with Crippen molar-refractivity contribution in [2.45, 2.75) is 18.9 Å². The van der Waals surface area contributed by atoms with E-state index in [1.165, 1.54) is 6.07 Å². The number of ether oxygens (including phenoxy) is 3. The fourth-order valence-corrected chi connectivity index (χ4v) is 3.49. The molecule has 2 aliphatic rings. The first-order valence-corrected chi connectivity index (χ1v) is 8.89. The van der Waals surface area contributed by atoms with Gasteiger partial charge in [0.15, 0.2) is 29.7 Å². The second-order valence-electron chi connectivity index (χ2n) is 6.51. The molecule has 0 aromatic heterocycles. The minimum Gasteiger partial charge on any atom is -0.486 e. The van der Waals surface area contributed by atoms with Crippen LogP contribution in [0.15, 0.2) is 36.4 Å². The Kier molecular flexibility index (Phi) is 4.83. The molecule has 1 amide bonds. The predicted octanol–water partition coefficient (Wildman–Crippen LogP) is 3.48. The lowest BCUT2D eigenvalue weighted by Crippen LogP contribution is -2.34. The van der Waals surface area contributed by atoms with E-state index in [1.807, 2.05) is 18.2 Å². The lowest BCUT2D eigenvalue weighted by atomic mass is 10.0. The molecule has 2 aromatic carbocycles. The summed E-state index contributed by atoms with van der Waals surface area (Å²) in [5.41, 5.74) is 0.970. The molecule has 7 heteroatoms. The summed E-state index contributed by atoms with van der Waals surface area (Å²) in [6, 6.07) is 8.62. The van der Waals surface area contributed by atoms with Gasteiger partial charge in [0.2, 0.25) is 0 Å². The van der Waals surface area contributed by atoms with Crippen LogP contribution in [0, 0.1) is 11.6 Å². The van der Waals surface area contributed by atoms with Gasteiger partial charge in [-0.1, -0.05) is 6.07 Å². The number of carbonyl (C=O) groups is 1. The Hall–Kier alpha value is -2.83. The molecule has 1 fully saturated rings. The molecule has 0 spiro atoms. The molecule has 2 heterocycles. The topological polar surface area (TPSA) is 48.0 Å². The van der Waals surface area contributed by atoms with E-state index in [2.05, 4.69) is 0 Å². The van der Waals surface area contributed by atoms with Crippen LogP contribution in [-0.4, -0.2) is 37.2 Å². The van der Waals surface area contributed by atoms with Crippen LogP contribution in [0.1, 0.15) is 24.4 Å². The molecule has 0 radical (unpaired) electrons. The third-order valence-corrected chi connectivity index (χ3v) is 4.77. The number of fused-ring (bicyclic) bond motifs is 1. The van der Waals surface area contributed by atoms with Crippen LogP contribution in [-0.2, 0) is 4.79 Å². The molecule has 1 atom stereocenters. The molecule has 2 aliphatic heterocycles. The fraction of sp³-hybridized carbons (Fsp3) is 0.350. The van der Waals surface area contributed by atoms with Gasteiger partial charge in [0.1, 0.15) is 19.0 Å². The van der Waals surface area contributed by atoms with Crippen molar-refractivity contribution in [2.75, 3.05) is 26.4 Å². The van der Waals surface area contributed by atoms with Gasteiger partial charge in [0.25, 0.3) is 5.91 Å². The monoisotopic (exact) mass is 375 g/mol. The first kappa shape index (κ1) is 17.6. The van der Waals surface area contributed by atoms with Crippen molar-refractivity contribution in [3.8, 4) is 17.2 Å². The van der Waals surface area contributed by atoms with Gasteiger partial charge in [-0.25, -0.2) is 8.78 Å². The van der Waals surface area contributed by atoms with E-state index in [9.17, 15) is 13.6 Å². The Balaban J connectivity index is 1.45. The molecular formula is C20H19F2NO4. The van der Waals surface area contributed by atoms with E-state index in [4.69, 9.17) is 14.2 Å². The molecule has 142 valence electrons. The first-order valence-electron chi connectivity index (χ1n) is 8.89. The first-order chi connectivity index (χ1) is 13.1. The number of carbonyl (C=O) groups excluding carboxylic acids is 1. The Morgan fingerprint density at radius 2 is 1.93 bits per heavy atom. The Bertz CT molecular complexity index is 858. The van der Waals surface area contributed by atoms with Gasteiger partial charge in [-0.05, 0) is 42.7 Å². The number of benzene rings is 2. The molecule has 1 saturated heterocycles. The van der Waals surface area contributed by atoms with Gasteiger partial charge in [-0.2, -0.15) is 0 Å². The van der Waals surface area contributed by atoms with Crippen LogP contribution in [0.2, 0.25) is 0 Å². The van der Waals surface area contributed by atoms with Crippen LogP contribution in [0.5, 0.6) is 17.2 Å². The van der Waals surface area contributed by atoms with E-state index in [-0.39, 0.29) is 24.3 Å². The number of rotatable bonds is 4. The zero-order chi connectivity index (χ0) is 18.8. The highest BCUT2D eigenvalue weighted by molar-refractivity contribution is 5.78. The standard InChI is InChI=1S/C20H19F2NO4/c21-14-4-6-17(15(22)11-14)27-12-20(24)23-7-1-2-16(23)13-3-5-18-19(10-13)26-9-8-25-18/h3-6,10-11,16H,1-2,7-9,12H2. The maximum absolute atomic E-state index is 13.7. The van der Waals surface area contributed by atoms with Crippen molar-refractivity contribution in [1.29, 1.82) is 0 Å². The van der Waals surface area contributed by atoms with Crippen molar-refractivity contribution in [2.24, 2.45) is 0 Å². The summed E-state index contributed by atoms with van der Waals surface area (Å²) in [6.07, 6.45) is 1.70. The van der Waals surface area contributed by atoms with Gasteiger partial charge < -0.3 is 19.1 Å². The molecular weight excluding hydrogens is 356 g/mol. The van der Waals surface area contributed by atoms with E-state index in [1.54, 1.807) is 4.90 Å². The summed E-state index contributed by atoms with van der Waals surface area (Å²) in [6.45, 7) is 1.33. The molecule has 27 heavy (non-hydrogen) atoms. The summed E-state index contributed by atoms with van der Waals surface area (Å²) < 4.78 is 43.0. The zero-order valence-electron chi connectivity index (χ0n) is 14.6. The second kappa shape index (κ2) is 7.42. The molecule has 0 bridgehead atoms. The van der Waals surface area contributed by atoms with Gasteiger partial charge >= 0.3 is 0 Å². The van der Waals surface area contributed by atoms with Crippen LogP contribution in [0.25, 0.3) is 0 Å². The van der Waals surface area contributed by atoms with Crippen molar-refractivity contribution in [1.82, 2.24) is 4.90 Å². The van der Waals surface area contributed by atoms with Gasteiger partial charge in [0.05, 0.1) is 6.04 Å². The molecule has 4 rings (SSSR count).